The molecule has 0 fully saturated rings. The molecule has 0 bridgehead atoms. The maximum atomic E-state index is 13.0. The average Bonchev–Trinajstić information content (AvgIpc) is 3.52. The Kier molecular flexibility index (Phi) is 4.94. The van der Waals surface area contributed by atoms with Gasteiger partial charge in [0.15, 0.2) is 6.17 Å². The van der Waals surface area contributed by atoms with Gasteiger partial charge in [-0.1, -0.05) is 24.3 Å². The molecule has 0 spiro atoms. The van der Waals surface area contributed by atoms with E-state index >= 15 is 0 Å². The van der Waals surface area contributed by atoms with Crippen molar-refractivity contribution >= 4 is 11.9 Å². The Morgan fingerprint density at radius 2 is 1.85 bits per heavy atom. The van der Waals surface area contributed by atoms with Crippen molar-refractivity contribution in [1.29, 1.82) is 0 Å². The van der Waals surface area contributed by atoms with E-state index in [4.69, 9.17) is 0 Å². The minimum Gasteiger partial charge on any atom is -0.467 e. The van der Waals surface area contributed by atoms with Crippen LogP contribution in [0.5, 0.6) is 0 Å². The zero-order valence-corrected chi connectivity index (χ0v) is 14.2. The van der Waals surface area contributed by atoms with Gasteiger partial charge in [0.05, 0.1) is 7.11 Å². The maximum Gasteiger partial charge on any atom is 0.442 e. The summed E-state index contributed by atoms with van der Waals surface area (Å²) in [5.74, 6) is -1.00. The second-order valence-corrected chi connectivity index (χ2v) is 6.16. The van der Waals surface area contributed by atoms with Gasteiger partial charge in [-0.25, -0.2) is 4.79 Å². The van der Waals surface area contributed by atoms with Gasteiger partial charge in [-0.2, -0.15) is 23.4 Å². The number of methoxy groups -OCH3 is 1. The van der Waals surface area contributed by atoms with Gasteiger partial charge in [0.25, 0.3) is 0 Å². The first-order valence-electron chi connectivity index (χ1n) is 8.12. The lowest BCUT2D eigenvalue weighted by Gasteiger charge is -2.18. The second-order valence-electron chi connectivity index (χ2n) is 6.16. The highest BCUT2D eigenvalue weighted by Gasteiger charge is 2.65. The van der Waals surface area contributed by atoms with Crippen LogP contribution in [0.2, 0.25) is 0 Å². The number of carbonyl (C=O) groups excluding carboxylic acids is 2. The molecule has 2 aliphatic rings. The third-order valence-electron chi connectivity index (χ3n) is 4.22. The zero-order chi connectivity index (χ0) is 19.7. The van der Waals surface area contributed by atoms with Crippen LogP contribution in [0.15, 0.2) is 44.7 Å². The molecule has 0 aromatic heterocycles. The Hall–Kier alpha value is -2.85. The lowest BCUT2D eigenvalue weighted by atomic mass is 9.98. The molecule has 8 nitrogen and oxygen atoms in total. The summed E-state index contributed by atoms with van der Waals surface area (Å²) in [6.07, 6.45) is -4.07. The van der Waals surface area contributed by atoms with Crippen molar-refractivity contribution in [2.24, 2.45) is 20.5 Å². The summed E-state index contributed by atoms with van der Waals surface area (Å²) in [5, 5.41) is 16.2. The monoisotopic (exact) mass is 383 g/mol. The number of nitrogens with one attached hydrogen (secondary N) is 1. The highest BCUT2D eigenvalue weighted by molar-refractivity contribution is 5.84. The van der Waals surface area contributed by atoms with Crippen LogP contribution in [0.25, 0.3) is 0 Å². The van der Waals surface area contributed by atoms with Crippen molar-refractivity contribution in [3.05, 3.63) is 35.4 Å². The SMILES string of the molecule is COC(=O)C(Cc1ccc(C2(C(F)(F)F)N=N2)cc1)NC(=O)CCC1N=N1. The third-order valence-corrected chi connectivity index (χ3v) is 4.22. The molecule has 0 saturated carbocycles. The molecule has 1 aromatic rings. The molecule has 0 radical (unpaired) electrons. The zero-order valence-electron chi connectivity index (χ0n) is 14.2. The normalized spacial score (nSPS) is 18.1. The number of hydrogen-bond acceptors (Lipinski definition) is 7. The molecular weight excluding hydrogens is 367 g/mol. The summed E-state index contributed by atoms with van der Waals surface area (Å²) in [6, 6.07) is 4.45. The van der Waals surface area contributed by atoms with E-state index in [9.17, 15) is 22.8 Å². The smallest absolute Gasteiger partial charge is 0.442 e. The summed E-state index contributed by atoms with van der Waals surface area (Å²) in [6.45, 7) is 0. The molecule has 1 amide bonds. The van der Waals surface area contributed by atoms with Crippen LogP contribution in [0, 0.1) is 0 Å². The maximum absolute atomic E-state index is 13.0. The molecule has 1 aromatic carbocycles. The Labute approximate surface area is 151 Å². The van der Waals surface area contributed by atoms with Crippen LogP contribution in [0.1, 0.15) is 24.0 Å². The first-order chi connectivity index (χ1) is 12.7. The largest absolute Gasteiger partial charge is 0.467 e. The molecule has 3 rings (SSSR count). The molecule has 27 heavy (non-hydrogen) atoms. The molecule has 144 valence electrons. The average molecular weight is 383 g/mol. The first-order valence-corrected chi connectivity index (χ1v) is 8.12. The van der Waals surface area contributed by atoms with Crippen molar-refractivity contribution in [3.63, 3.8) is 0 Å². The number of carbonyl (C=O) groups is 2. The molecule has 1 unspecified atom stereocenters. The minimum absolute atomic E-state index is 0.0736. The first kappa shape index (κ1) is 18.9. The van der Waals surface area contributed by atoms with Crippen molar-refractivity contribution in [3.8, 4) is 0 Å². The van der Waals surface area contributed by atoms with Gasteiger partial charge in [-0.15, -0.1) is 10.2 Å². The van der Waals surface area contributed by atoms with E-state index in [1.807, 2.05) is 0 Å². The highest BCUT2D eigenvalue weighted by atomic mass is 19.4. The Morgan fingerprint density at radius 3 is 2.33 bits per heavy atom. The van der Waals surface area contributed by atoms with Crippen LogP contribution < -0.4 is 5.32 Å². The molecule has 1 atom stereocenters. The fourth-order valence-electron chi connectivity index (χ4n) is 2.58. The summed E-state index contributed by atoms with van der Waals surface area (Å²) >= 11 is 0. The van der Waals surface area contributed by atoms with E-state index in [-0.39, 0.29) is 30.5 Å². The number of nitrogens with zero attached hydrogens (tertiary/aromatic N) is 4. The van der Waals surface area contributed by atoms with E-state index < -0.39 is 23.9 Å². The lowest BCUT2D eigenvalue weighted by molar-refractivity contribution is -0.166. The molecule has 1 N–H and O–H groups in total. The molecular formula is C16H16F3N5O3. The molecule has 0 aliphatic carbocycles. The molecule has 0 saturated heterocycles. The van der Waals surface area contributed by atoms with E-state index in [0.717, 1.165) is 0 Å². The van der Waals surface area contributed by atoms with Crippen LogP contribution in [0.4, 0.5) is 13.2 Å². The number of alkyl halides is 3. The topological polar surface area (TPSA) is 105 Å². The number of benzene rings is 1. The molecule has 2 heterocycles. The number of esters is 1. The highest BCUT2D eigenvalue weighted by Crippen LogP contribution is 2.52. The summed E-state index contributed by atoms with van der Waals surface area (Å²) in [4.78, 5) is 23.9. The minimum atomic E-state index is -4.60. The number of hydrogen-bond donors (Lipinski definition) is 1. The third kappa shape index (κ3) is 4.29. The van der Waals surface area contributed by atoms with Gasteiger partial charge >= 0.3 is 17.8 Å². The fraction of sp³-hybridized carbons (Fsp3) is 0.500. The van der Waals surface area contributed by atoms with E-state index in [1.165, 1.54) is 31.4 Å². The van der Waals surface area contributed by atoms with Crippen LogP contribution in [-0.2, 0) is 26.4 Å². The van der Waals surface area contributed by atoms with Crippen molar-refractivity contribution in [1.82, 2.24) is 5.32 Å². The number of halogens is 3. The van der Waals surface area contributed by atoms with Gasteiger partial charge in [0.1, 0.15) is 6.04 Å². The number of rotatable bonds is 8. The van der Waals surface area contributed by atoms with Gasteiger partial charge in [-0.3, -0.25) is 4.79 Å². The quantitative estimate of drug-likeness (QED) is 0.698. The van der Waals surface area contributed by atoms with Gasteiger partial charge in [0, 0.05) is 24.8 Å². The Morgan fingerprint density at radius 1 is 1.22 bits per heavy atom. The molecule has 2 aliphatic heterocycles. The van der Waals surface area contributed by atoms with Gasteiger partial charge in [-0.05, 0) is 5.56 Å². The van der Waals surface area contributed by atoms with E-state index in [2.05, 4.69) is 30.5 Å². The Bertz CT molecular complexity index is 779. The molecule has 11 heteroatoms. The van der Waals surface area contributed by atoms with Crippen molar-refractivity contribution < 1.29 is 27.5 Å². The van der Waals surface area contributed by atoms with Crippen molar-refractivity contribution in [2.75, 3.05) is 7.11 Å². The van der Waals surface area contributed by atoms with E-state index in [1.54, 1.807) is 0 Å². The second kappa shape index (κ2) is 7.05. The summed E-state index contributed by atoms with van der Waals surface area (Å²) in [7, 11) is 1.19. The standard InChI is InChI=1S/C16H16F3N5O3/c1-27-14(26)11(20-13(25)7-6-12-21-22-12)8-9-2-4-10(5-3-9)15(23-24-15)16(17,18)19/h2-5,11-12H,6-8H2,1H3,(H,20,25). The van der Waals surface area contributed by atoms with E-state index in [0.29, 0.717) is 12.0 Å². The lowest BCUT2D eigenvalue weighted by Crippen LogP contribution is -2.43. The van der Waals surface area contributed by atoms with Crippen LogP contribution in [-0.4, -0.2) is 37.4 Å². The Balaban J connectivity index is 1.63. The summed E-state index contributed by atoms with van der Waals surface area (Å²) in [5.41, 5.74) is -2.03. The fourth-order valence-corrected chi connectivity index (χ4v) is 2.58. The van der Waals surface area contributed by atoms with Gasteiger partial charge < -0.3 is 10.1 Å². The predicted molar refractivity (Wildman–Crippen MR) is 84.6 cm³/mol. The van der Waals surface area contributed by atoms with Crippen LogP contribution >= 0.6 is 0 Å². The van der Waals surface area contributed by atoms with Gasteiger partial charge in [0.2, 0.25) is 5.91 Å². The number of amides is 1. The predicted octanol–water partition coefficient (Wildman–Crippen LogP) is 2.64. The van der Waals surface area contributed by atoms with Crippen molar-refractivity contribution in [2.45, 2.75) is 43.3 Å². The number of ether oxygens (including phenoxy) is 1. The summed E-state index contributed by atoms with van der Waals surface area (Å²) < 4.78 is 43.7. The van der Waals surface area contributed by atoms with Crippen LogP contribution in [0.3, 0.4) is 0 Å².